The van der Waals surface area contributed by atoms with E-state index >= 15 is 0 Å². The van der Waals surface area contributed by atoms with Crippen molar-refractivity contribution in [3.8, 4) is 5.69 Å². The van der Waals surface area contributed by atoms with Crippen molar-refractivity contribution in [3.63, 3.8) is 0 Å². The Bertz CT molecular complexity index is 784. The van der Waals surface area contributed by atoms with E-state index in [0.29, 0.717) is 11.4 Å². The molecule has 7 nitrogen and oxygen atoms in total. The van der Waals surface area contributed by atoms with Gasteiger partial charge in [-0.05, 0) is 26.0 Å². The molecule has 2 rings (SSSR count). The Kier molecular flexibility index (Phi) is 4.90. The first-order valence-corrected chi connectivity index (χ1v) is 7.11. The Labute approximate surface area is 132 Å². The SMILES string of the molecule is CCN(CC(=O)O)C(=O)c1nn(-c2ccccc2)c(C)cc1=O. The van der Waals surface area contributed by atoms with Gasteiger partial charge in [0.25, 0.3) is 5.91 Å². The van der Waals surface area contributed by atoms with Crippen LogP contribution in [-0.4, -0.2) is 44.8 Å². The predicted octanol–water partition coefficient (Wildman–Crippen LogP) is 1.09. The summed E-state index contributed by atoms with van der Waals surface area (Å²) in [4.78, 5) is 36.4. The third kappa shape index (κ3) is 3.63. The molecule has 0 spiro atoms. The molecule has 1 aromatic heterocycles. The Morgan fingerprint density at radius 1 is 1.26 bits per heavy atom. The average molecular weight is 315 g/mol. The lowest BCUT2D eigenvalue weighted by Crippen LogP contribution is -2.39. The normalized spacial score (nSPS) is 10.3. The number of aryl methyl sites for hydroxylation is 1. The fourth-order valence-corrected chi connectivity index (χ4v) is 2.17. The number of carboxylic acid groups (broad SMARTS) is 1. The number of carbonyl (C=O) groups is 2. The zero-order chi connectivity index (χ0) is 17.0. The number of carbonyl (C=O) groups excluding carboxylic acids is 1. The van der Waals surface area contributed by atoms with Gasteiger partial charge in [-0.3, -0.25) is 14.4 Å². The van der Waals surface area contributed by atoms with Crippen LogP contribution in [0.1, 0.15) is 23.1 Å². The minimum atomic E-state index is -1.14. The van der Waals surface area contributed by atoms with Crippen molar-refractivity contribution in [2.75, 3.05) is 13.1 Å². The summed E-state index contributed by atoms with van der Waals surface area (Å²) >= 11 is 0. The smallest absolute Gasteiger partial charge is 0.323 e. The molecule has 0 radical (unpaired) electrons. The molecular weight excluding hydrogens is 298 g/mol. The predicted molar refractivity (Wildman–Crippen MR) is 83.8 cm³/mol. The highest BCUT2D eigenvalue weighted by Crippen LogP contribution is 2.08. The van der Waals surface area contributed by atoms with Gasteiger partial charge in [-0.25, -0.2) is 4.68 Å². The second-order valence-electron chi connectivity index (χ2n) is 4.96. The molecule has 0 saturated heterocycles. The second-order valence-corrected chi connectivity index (χ2v) is 4.96. The number of hydrogen-bond donors (Lipinski definition) is 1. The lowest BCUT2D eigenvalue weighted by atomic mass is 10.2. The van der Waals surface area contributed by atoms with Gasteiger partial charge in [0.1, 0.15) is 6.54 Å². The molecular formula is C16H17N3O4. The first-order valence-electron chi connectivity index (χ1n) is 7.11. The van der Waals surface area contributed by atoms with Gasteiger partial charge < -0.3 is 10.0 Å². The lowest BCUT2D eigenvalue weighted by molar-refractivity contribution is -0.137. The summed E-state index contributed by atoms with van der Waals surface area (Å²) in [5.74, 6) is -1.83. The number of benzene rings is 1. The van der Waals surface area contributed by atoms with Crippen LogP contribution >= 0.6 is 0 Å². The number of hydrogen-bond acceptors (Lipinski definition) is 4. The fraction of sp³-hybridized carbons (Fsp3) is 0.250. The maximum Gasteiger partial charge on any atom is 0.323 e. The van der Waals surface area contributed by atoms with Gasteiger partial charge >= 0.3 is 5.97 Å². The molecule has 0 aliphatic heterocycles. The summed E-state index contributed by atoms with van der Waals surface area (Å²) in [7, 11) is 0. The van der Waals surface area contributed by atoms with Crippen molar-refractivity contribution in [2.24, 2.45) is 0 Å². The van der Waals surface area contributed by atoms with E-state index in [4.69, 9.17) is 5.11 Å². The van der Waals surface area contributed by atoms with Gasteiger partial charge in [-0.2, -0.15) is 5.10 Å². The summed E-state index contributed by atoms with van der Waals surface area (Å²) in [6.07, 6.45) is 0. The molecule has 120 valence electrons. The number of amides is 1. The average Bonchev–Trinajstić information content (AvgIpc) is 2.52. The number of para-hydroxylation sites is 1. The topological polar surface area (TPSA) is 92.5 Å². The van der Waals surface area contributed by atoms with E-state index in [0.717, 1.165) is 4.90 Å². The zero-order valence-electron chi connectivity index (χ0n) is 12.9. The number of nitrogens with zero attached hydrogens (tertiary/aromatic N) is 3. The molecule has 2 aromatic rings. The number of rotatable bonds is 5. The molecule has 1 heterocycles. The first kappa shape index (κ1) is 16.4. The molecule has 0 aliphatic rings. The molecule has 1 N–H and O–H groups in total. The van der Waals surface area contributed by atoms with Crippen molar-refractivity contribution < 1.29 is 14.7 Å². The van der Waals surface area contributed by atoms with Gasteiger partial charge in [0.15, 0.2) is 5.69 Å². The quantitative estimate of drug-likeness (QED) is 0.891. The monoisotopic (exact) mass is 315 g/mol. The van der Waals surface area contributed by atoms with E-state index in [2.05, 4.69) is 5.10 Å². The van der Waals surface area contributed by atoms with Crippen LogP contribution in [0.15, 0.2) is 41.2 Å². The van der Waals surface area contributed by atoms with Gasteiger partial charge in [0, 0.05) is 18.3 Å². The number of aromatic nitrogens is 2. The Morgan fingerprint density at radius 3 is 2.48 bits per heavy atom. The Balaban J connectivity index is 2.49. The fourth-order valence-electron chi connectivity index (χ4n) is 2.17. The number of carboxylic acids is 1. The van der Waals surface area contributed by atoms with Crippen LogP contribution in [-0.2, 0) is 4.79 Å². The number of aliphatic carboxylic acids is 1. The summed E-state index contributed by atoms with van der Waals surface area (Å²) in [6, 6.07) is 10.4. The standard InChI is InChI=1S/C16H17N3O4/c1-3-18(10-14(21)22)16(23)15-13(20)9-11(2)19(17-15)12-7-5-4-6-8-12/h4-9H,3,10H2,1-2H3,(H,21,22). The molecule has 0 fully saturated rings. The van der Waals surface area contributed by atoms with Gasteiger partial charge in [-0.1, -0.05) is 18.2 Å². The van der Waals surface area contributed by atoms with E-state index in [9.17, 15) is 14.4 Å². The molecule has 0 saturated carbocycles. The highest BCUT2D eigenvalue weighted by Gasteiger charge is 2.22. The molecule has 7 heteroatoms. The maximum absolute atomic E-state index is 12.4. The highest BCUT2D eigenvalue weighted by atomic mass is 16.4. The molecule has 1 aromatic carbocycles. The minimum absolute atomic E-state index is 0.172. The van der Waals surface area contributed by atoms with Crippen molar-refractivity contribution in [1.82, 2.24) is 14.7 Å². The third-order valence-corrected chi connectivity index (χ3v) is 3.31. The van der Waals surface area contributed by atoms with Crippen molar-refractivity contribution >= 4 is 11.9 Å². The largest absolute Gasteiger partial charge is 0.480 e. The van der Waals surface area contributed by atoms with Crippen molar-refractivity contribution in [1.29, 1.82) is 0 Å². The molecule has 0 unspecified atom stereocenters. The van der Waals surface area contributed by atoms with E-state index in [-0.39, 0.29) is 12.2 Å². The van der Waals surface area contributed by atoms with Crippen LogP contribution in [0.5, 0.6) is 0 Å². The minimum Gasteiger partial charge on any atom is -0.480 e. The second kappa shape index (κ2) is 6.87. The molecule has 23 heavy (non-hydrogen) atoms. The van der Waals surface area contributed by atoms with Gasteiger partial charge in [0.05, 0.1) is 5.69 Å². The number of likely N-dealkylation sites (N-methyl/N-ethyl adjacent to an activating group) is 1. The van der Waals surface area contributed by atoms with Crippen molar-refractivity contribution in [2.45, 2.75) is 13.8 Å². The van der Waals surface area contributed by atoms with Crippen LogP contribution in [0.25, 0.3) is 5.69 Å². The summed E-state index contributed by atoms with van der Waals surface area (Å²) in [5.41, 5.74) is 0.477. The molecule has 0 aliphatic carbocycles. The van der Waals surface area contributed by atoms with Crippen LogP contribution in [0.4, 0.5) is 0 Å². The van der Waals surface area contributed by atoms with E-state index in [1.165, 1.54) is 10.7 Å². The van der Waals surface area contributed by atoms with E-state index in [1.807, 2.05) is 18.2 Å². The Morgan fingerprint density at radius 2 is 1.91 bits per heavy atom. The summed E-state index contributed by atoms with van der Waals surface area (Å²) < 4.78 is 1.49. The van der Waals surface area contributed by atoms with E-state index < -0.39 is 23.9 Å². The van der Waals surface area contributed by atoms with Crippen molar-refractivity contribution in [3.05, 3.63) is 58.0 Å². The third-order valence-electron chi connectivity index (χ3n) is 3.31. The summed E-state index contributed by atoms with van der Waals surface area (Å²) in [6.45, 7) is 3.05. The van der Waals surface area contributed by atoms with Crippen LogP contribution in [0.2, 0.25) is 0 Å². The highest BCUT2D eigenvalue weighted by molar-refractivity contribution is 5.93. The lowest BCUT2D eigenvalue weighted by Gasteiger charge is -2.18. The van der Waals surface area contributed by atoms with Gasteiger partial charge in [0.2, 0.25) is 5.43 Å². The van der Waals surface area contributed by atoms with Crippen LogP contribution in [0, 0.1) is 6.92 Å². The first-order chi connectivity index (χ1) is 10.9. The zero-order valence-corrected chi connectivity index (χ0v) is 12.9. The maximum atomic E-state index is 12.4. The van der Waals surface area contributed by atoms with Gasteiger partial charge in [-0.15, -0.1) is 0 Å². The molecule has 0 atom stereocenters. The molecule has 1 amide bonds. The Hall–Kier alpha value is -2.96. The molecule has 0 bridgehead atoms. The van der Waals surface area contributed by atoms with Crippen LogP contribution in [0.3, 0.4) is 0 Å². The summed E-state index contributed by atoms with van der Waals surface area (Å²) in [5, 5.41) is 13.0. The van der Waals surface area contributed by atoms with E-state index in [1.54, 1.807) is 26.0 Å². The van der Waals surface area contributed by atoms with Crippen LogP contribution < -0.4 is 5.43 Å².